The Labute approximate surface area is 97.8 Å². The van der Waals surface area contributed by atoms with Gasteiger partial charge in [0.1, 0.15) is 0 Å². The molecule has 1 saturated heterocycles. The first kappa shape index (κ1) is 12.8. The Morgan fingerprint density at radius 3 is 2.87 bits per heavy atom. The van der Waals surface area contributed by atoms with Crippen LogP contribution in [-0.4, -0.2) is 37.6 Å². The predicted molar refractivity (Wildman–Crippen MR) is 70.1 cm³/mol. The summed E-state index contributed by atoms with van der Waals surface area (Å²) in [6.45, 7) is 15.8. The maximum atomic E-state index is 4.06. The SMILES string of the molecule is C=C(C)SC(=C)CCN1CCCNCC1. The Kier molecular flexibility index (Phi) is 6.06. The molecule has 0 aromatic rings. The van der Waals surface area contributed by atoms with E-state index in [2.05, 4.69) is 23.4 Å². The Morgan fingerprint density at radius 1 is 1.33 bits per heavy atom. The van der Waals surface area contributed by atoms with Crippen molar-refractivity contribution in [2.24, 2.45) is 0 Å². The van der Waals surface area contributed by atoms with Crippen molar-refractivity contribution in [3.63, 3.8) is 0 Å². The third-order valence-corrected chi connectivity index (χ3v) is 3.30. The van der Waals surface area contributed by atoms with Gasteiger partial charge in [0.25, 0.3) is 0 Å². The van der Waals surface area contributed by atoms with Crippen molar-refractivity contribution in [2.75, 3.05) is 32.7 Å². The van der Waals surface area contributed by atoms with E-state index in [1.165, 1.54) is 24.4 Å². The maximum absolute atomic E-state index is 4.06. The lowest BCUT2D eigenvalue weighted by atomic mass is 10.3. The molecule has 0 amide bonds. The second kappa shape index (κ2) is 7.09. The standard InChI is InChI=1S/C12H22N2S/c1-11(2)15-12(3)5-9-14-8-4-6-13-7-10-14/h13H,1,3-10H2,2H3. The molecule has 0 spiro atoms. The van der Waals surface area contributed by atoms with Gasteiger partial charge in [0.05, 0.1) is 0 Å². The molecule has 0 bridgehead atoms. The minimum absolute atomic E-state index is 1.08. The lowest BCUT2D eigenvalue weighted by Gasteiger charge is -2.19. The van der Waals surface area contributed by atoms with E-state index in [0.717, 1.165) is 31.0 Å². The van der Waals surface area contributed by atoms with Crippen LogP contribution in [0.4, 0.5) is 0 Å². The monoisotopic (exact) mass is 226 g/mol. The molecule has 1 N–H and O–H groups in total. The number of hydrogen-bond donors (Lipinski definition) is 1. The van der Waals surface area contributed by atoms with Gasteiger partial charge in [0.2, 0.25) is 0 Å². The van der Waals surface area contributed by atoms with Crippen LogP contribution in [0.5, 0.6) is 0 Å². The van der Waals surface area contributed by atoms with Crippen LogP contribution in [0.1, 0.15) is 19.8 Å². The van der Waals surface area contributed by atoms with Crippen molar-refractivity contribution >= 4 is 11.8 Å². The van der Waals surface area contributed by atoms with Gasteiger partial charge in [-0.25, -0.2) is 0 Å². The first-order valence-corrected chi connectivity index (χ1v) is 6.44. The average Bonchev–Trinajstić information content (AvgIpc) is 2.41. The lowest BCUT2D eigenvalue weighted by Crippen LogP contribution is -2.29. The molecule has 1 aliphatic heterocycles. The van der Waals surface area contributed by atoms with E-state index in [-0.39, 0.29) is 0 Å². The van der Waals surface area contributed by atoms with E-state index < -0.39 is 0 Å². The highest BCUT2D eigenvalue weighted by molar-refractivity contribution is 8.06. The van der Waals surface area contributed by atoms with Crippen LogP contribution in [-0.2, 0) is 0 Å². The van der Waals surface area contributed by atoms with Crippen LogP contribution in [0.3, 0.4) is 0 Å². The molecular formula is C12H22N2S. The van der Waals surface area contributed by atoms with Gasteiger partial charge in [-0.15, -0.1) is 11.8 Å². The summed E-state index contributed by atoms with van der Waals surface area (Å²) in [6.07, 6.45) is 2.34. The molecule has 86 valence electrons. The molecule has 0 aromatic heterocycles. The second-order valence-corrected chi connectivity index (χ2v) is 5.52. The van der Waals surface area contributed by atoms with E-state index in [1.54, 1.807) is 11.8 Å². The lowest BCUT2D eigenvalue weighted by molar-refractivity contribution is 0.298. The molecule has 3 heteroatoms. The molecular weight excluding hydrogens is 204 g/mol. The molecule has 0 unspecified atom stereocenters. The molecule has 0 atom stereocenters. The summed E-state index contributed by atoms with van der Waals surface area (Å²) in [5.74, 6) is 0. The molecule has 15 heavy (non-hydrogen) atoms. The second-order valence-electron chi connectivity index (χ2n) is 4.04. The predicted octanol–water partition coefficient (Wildman–Crippen LogP) is 2.45. The van der Waals surface area contributed by atoms with Gasteiger partial charge < -0.3 is 10.2 Å². The molecule has 1 fully saturated rings. The Balaban J connectivity index is 2.17. The third kappa shape index (κ3) is 6.03. The molecule has 2 nitrogen and oxygen atoms in total. The molecule has 0 saturated carbocycles. The molecule has 1 heterocycles. The zero-order valence-electron chi connectivity index (χ0n) is 9.72. The number of rotatable bonds is 5. The normalized spacial score (nSPS) is 18.5. The number of nitrogens with one attached hydrogen (secondary N) is 1. The van der Waals surface area contributed by atoms with E-state index >= 15 is 0 Å². The largest absolute Gasteiger partial charge is 0.315 e. The summed E-state index contributed by atoms with van der Waals surface area (Å²) >= 11 is 1.72. The first-order chi connectivity index (χ1) is 7.18. The van der Waals surface area contributed by atoms with Crippen LogP contribution in [0.2, 0.25) is 0 Å². The summed E-state index contributed by atoms with van der Waals surface area (Å²) in [5, 5.41) is 3.41. The highest BCUT2D eigenvalue weighted by Crippen LogP contribution is 2.24. The van der Waals surface area contributed by atoms with Crippen LogP contribution in [0.25, 0.3) is 0 Å². The Hall–Kier alpha value is -0.250. The Morgan fingerprint density at radius 2 is 2.13 bits per heavy atom. The highest BCUT2D eigenvalue weighted by Gasteiger charge is 2.08. The quantitative estimate of drug-likeness (QED) is 0.775. The van der Waals surface area contributed by atoms with Crippen molar-refractivity contribution < 1.29 is 0 Å². The summed E-state index contributed by atoms with van der Waals surface area (Å²) in [5.41, 5.74) is 0. The minimum Gasteiger partial charge on any atom is -0.315 e. The molecule has 0 aromatic carbocycles. The third-order valence-electron chi connectivity index (χ3n) is 2.46. The van der Waals surface area contributed by atoms with Crippen molar-refractivity contribution in [1.29, 1.82) is 0 Å². The maximum Gasteiger partial charge on any atom is 0.0107 e. The summed E-state index contributed by atoms with van der Waals surface area (Å²) in [7, 11) is 0. The van der Waals surface area contributed by atoms with E-state index in [9.17, 15) is 0 Å². The van der Waals surface area contributed by atoms with Crippen LogP contribution >= 0.6 is 11.8 Å². The number of hydrogen-bond acceptors (Lipinski definition) is 3. The van der Waals surface area contributed by atoms with Crippen molar-refractivity contribution in [2.45, 2.75) is 19.8 Å². The van der Waals surface area contributed by atoms with Crippen LogP contribution in [0, 0.1) is 0 Å². The van der Waals surface area contributed by atoms with Gasteiger partial charge in [-0.3, -0.25) is 0 Å². The average molecular weight is 226 g/mol. The fourth-order valence-electron chi connectivity index (χ4n) is 1.71. The number of allylic oxidation sites excluding steroid dienone is 1. The van der Waals surface area contributed by atoms with Gasteiger partial charge >= 0.3 is 0 Å². The van der Waals surface area contributed by atoms with Crippen molar-refractivity contribution in [3.05, 3.63) is 23.0 Å². The number of thioether (sulfide) groups is 1. The summed E-state index contributed by atoms with van der Waals surface area (Å²) in [4.78, 5) is 4.89. The van der Waals surface area contributed by atoms with Crippen LogP contribution in [0.15, 0.2) is 23.0 Å². The zero-order valence-corrected chi connectivity index (χ0v) is 10.5. The molecule has 1 rings (SSSR count). The summed E-state index contributed by atoms with van der Waals surface area (Å²) < 4.78 is 0. The first-order valence-electron chi connectivity index (χ1n) is 5.62. The molecule has 0 aliphatic carbocycles. The topological polar surface area (TPSA) is 15.3 Å². The Bertz CT molecular complexity index is 218. The molecule has 1 aliphatic rings. The van der Waals surface area contributed by atoms with Crippen molar-refractivity contribution in [3.8, 4) is 0 Å². The fourth-order valence-corrected chi connectivity index (χ4v) is 2.39. The van der Waals surface area contributed by atoms with Crippen LogP contribution < -0.4 is 5.32 Å². The fraction of sp³-hybridized carbons (Fsp3) is 0.667. The smallest absolute Gasteiger partial charge is 0.0107 e. The van der Waals surface area contributed by atoms with E-state index in [1.807, 2.05) is 6.92 Å². The minimum atomic E-state index is 1.08. The highest BCUT2D eigenvalue weighted by atomic mass is 32.2. The van der Waals surface area contributed by atoms with E-state index in [0.29, 0.717) is 0 Å². The van der Waals surface area contributed by atoms with E-state index in [4.69, 9.17) is 0 Å². The zero-order chi connectivity index (χ0) is 11.1. The van der Waals surface area contributed by atoms with Gasteiger partial charge in [0, 0.05) is 19.6 Å². The summed E-state index contributed by atoms with van der Waals surface area (Å²) in [6, 6.07) is 0. The van der Waals surface area contributed by atoms with Crippen molar-refractivity contribution in [1.82, 2.24) is 10.2 Å². The van der Waals surface area contributed by atoms with Gasteiger partial charge in [-0.1, -0.05) is 13.2 Å². The molecule has 0 radical (unpaired) electrons. The number of nitrogens with zero attached hydrogens (tertiary/aromatic N) is 1. The van der Waals surface area contributed by atoms with Gasteiger partial charge in [-0.05, 0) is 42.7 Å². The van der Waals surface area contributed by atoms with Gasteiger partial charge in [-0.2, -0.15) is 0 Å². The van der Waals surface area contributed by atoms with Gasteiger partial charge in [0.15, 0.2) is 0 Å².